The highest BCUT2D eigenvalue weighted by atomic mass is 79.9. The van der Waals surface area contributed by atoms with E-state index in [-0.39, 0.29) is 0 Å². The lowest BCUT2D eigenvalue weighted by Gasteiger charge is -2.13. The van der Waals surface area contributed by atoms with Crippen LogP contribution in [0.5, 0.6) is 0 Å². The quantitative estimate of drug-likeness (QED) is 0.908. The Kier molecular flexibility index (Phi) is 4.11. The van der Waals surface area contributed by atoms with Gasteiger partial charge in [-0.1, -0.05) is 31.9 Å². The van der Waals surface area contributed by atoms with Crippen molar-refractivity contribution >= 4 is 31.9 Å². The number of benzene rings is 1. The van der Waals surface area contributed by atoms with Crippen LogP contribution >= 0.6 is 31.9 Å². The predicted octanol–water partition coefficient (Wildman–Crippen LogP) is 3.40. The summed E-state index contributed by atoms with van der Waals surface area (Å²) in [5.41, 5.74) is 0.736. The third-order valence-corrected chi connectivity index (χ3v) is 2.82. The second-order valence-electron chi connectivity index (χ2n) is 3.07. The van der Waals surface area contributed by atoms with Crippen LogP contribution in [-0.2, 0) is 0 Å². The first-order valence-electron chi connectivity index (χ1n) is 4.08. The van der Waals surface area contributed by atoms with Crippen LogP contribution in [-0.4, -0.2) is 5.11 Å². The lowest BCUT2D eigenvalue weighted by Crippen LogP contribution is -2.06. The Bertz CT molecular complexity index is 353. The maximum Gasteiger partial charge on any atom is 0.0946 e. The third-order valence-electron chi connectivity index (χ3n) is 1.90. The molecule has 2 nitrogen and oxygen atoms in total. The zero-order valence-electron chi connectivity index (χ0n) is 7.54. The minimum Gasteiger partial charge on any atom is -0.387 e. The van der Waals surface area contributed by atoms with Crippen molar-refractivity contribution in [1.82, 2.24) is 0 Å². The van der Waals surface area contributed by atoms with Gasteiger partial charge in [0, 0.05) is 8.95 Å². The van der Waals surface area contributed by atoms with Crippen molar-refractivity contribution in [3.8, 4) is 6.07 Å². The van der Waals surface area contributed by atoms with Crippen molar-refractivity contribution in [3.05, 3.63) is 32.7 Å². The lowest BCUT2D eigenvalue weighted by atomic mass is 9.99. The van der Waals surface area contributed by atoms with Crippen LogP contribution in [0.4, 0.5) is 0 Å². The summed E-state index contributed by atoms with van der Waals surface area (Å²) in [5.74, 6) is -0.406. The van der Waals surface area contributed by atoms with Crippen molar-refractivity contribution in [2.75, 3.05) is 0 Å². The first kappa shape index (κ1) is 11.7. The maximum atomic E-state index is 9.77. The molecule has 2 atom stereocenters. The molecule has 1 aromatic carbocycles. The molecular weight excluding hydrogens is 310 g/mol. The molecule has 0 aromatic heterocycles. The SMILES string of the molecule is CC(C#N)C(O)c1cc(Br)cc(Br)c1. The van der Waals surface area contributed by atoms with E-state index >= 15 is 0 Å². The van der Waals surface area contributed by atoms with Crippen molar-refractivity contribution < 1.29 is 5.11 Å². The Morgan fingerprint density at radius 1 is 1.29 bits per heavy atom. The molecule has 0 aliphatic heterocycles. The monoisotopic (exact) mass is 317 g/mol. The summed E-state index contributed by atoms with van der Waals surface area (Å²) in [5, 5.41) is 18.4. The first-order valence-corrected chi connectivity index (χ1v) is 5.67. The van der Waals surface area contributed by atoms with E-state index in [1.807, 2.05) is 24.3 Å². The summed E-state index contributed by atoms with van der Waals surface area (Å²) in [6.07, 6.45) is -0.742. The van der Waals surface area contributed by atoms with Gasteiger partial charge in [-0.2, -0.15) is 5.26 Å². The van der Waals surface area contributed by atoms with Crippen LogP contribution in [0.1, 0.15) is 18.6 Å². The smallest absolute Gasteiger partial charge is 0.0946 e. The summed E-state index contributed by atoms with van der Waals surface area (Å²) >= 11 is 6.66. The largest absolute Gasteiger partial charge is 0.387 e. The summed E-state index contributed by atoms with van der Waals surface area (Å²) in [7, 11) is 0. The Morgan fingerprint density at radius 3 is 2.21 bits per heavy atom. The number of hydrogen-bond acceptors (Lipinski definition) is 2. The van der Waals surface area contributed by atoms with Gasteiger partial charge >= 0.3 is 0 Å². The minimum absolute atomic E-state index is 0.406. The lowest BCUT2D eigenvalue weighted by molar-refractivity contribution is 0.142. The molecule has 0 saturated heterocycles. The molecule has 1 N–H and O–H groups in total. The molecule has 1 rings (SSSR count). The highest BCUT2D eigenvalue weighted by Crippen LogP contribution is 2.27. The summed E-state index contributed by atoms with van der Waals surface area (Å²) in [6, 6.07) is 7.52. The van der Waals surface area contributed by atoms with Gasteiger partial charge in [-0.25, -0.2) is 0 Å². The number of aliphatic hydroxyl groups is 1. The summed E-state index contributed by atoms with van der Waals surface area (Å²) < 4.78 is 1.76. The molecule has 0 spiro atoms. The second kappa shape index (κ2) is 4.92. The van der Waals surface area contributed by atoms with E-state index in [1.165, 1.54) is 0 Å². The third kappa shape index (κ3) is 2.81. The van der Waals surface area contributed by atoms with E-state index in [4.69, 9.17) is 5.26 Å². The molecule has 0 bridgehead atoms. The number of aliphatic hydroxyl groups excluding tert-OH is 1. The Morgan fingerprint density at radius 2 is 1.79 bits per heavy atom. The van der Waals surface area contributed by atoms with Crippen molar-refractivity contribution in [3.63, 3.8) is 0 Å². The van der Waals surface area contributed by atoms with Gasteiger partial charge in [-0.05, 0) is 30.7 Å². The molecule has 0 heterocycles. The van der Waals surface area contributed by atoms with Gasteiger partial charge in [-0.15, -0.1) is 0 Å². The van der Waals surface area contributed by atoms with E-state index in [0.717, 1.165) is 14.5 Å². The van der Waals surface area contributed by atoms with Gasteiger partial charge in [0.25, 0.3) is 0 Å². The molecule has 0 amide bonds. The average Bonchev–Trinajstić information content (AvgIpc) is 2.14. The highest BCUT2D eigenvalue weighted by molar-refractivity contribution is 9.11. The van der Waals surface area contributed by atoms with E-state index in [2.05, 4.69) is 31.9 Å². The first-order chi connectivity index (χ1) is 6.54. The van der Waals surface area contributed by atoms with Gasteiger partial charge < -0.3 is 5.11 Å². The van der Waals surface area contributed by atoms with E-state index < -0.39 is 12.0 Å². The van der Waals surface area contributed by atoms with Gasteiger partial charge in [-0.3, -0.25) is 0 Å². The highest BCUT2D eigenvalue weighted by Gasteiger charge is 2.16. The van der Waals surface area contributed by atoms with E-state index in [1.54, 1.807) is 6.92 Å². The van der Waals surface area contributed by atoms with Crippen LogP contribution < -0.4 is 0 Å². The molecule has 2 unspecified atom stereocenters. The van der Waals surface area contributed by atoms with Crippen molar-refractivity contribution in [1.29, 1.82) is 5.26 Å². The van der Waals surface area contributed by atoms with Crippen LogP contribution in [0.3, 0.4) is 0 Å². The van der Waals surface area contributed by atoms with Crippen LogP contribution in [0.25, 0.3) is 0 Å². The fourth-order valence-electron chi connectivity index (χ4n) is 1.11. The molecular formula is C10H9Br2NO. The number of rotatable bonds is 2. The molecule has 0 aliphatic rings. The van der Waals surface area contributed by atoms with Gasteiger partial charge in [0.1, 0.15) is 0 Å². The Hall–Kier alpha value is -0.370. The normalized spacial score (nSPS) is 14.5. The fourth-order valence-corrected chi connectivity index (χ4v) is 2.43. The zero-order chi connectivity index (χ0) is 10.7. The zero-order valence-corrected chi connectivity index (χ0v) is 10.7. The molecule has 0 saturated carbocycles. The minimum atomic E-state index is -0.742. The molecule has 0 radical (unpaired) electrons. The fraction of sp³-hybridized carbons (Fsp3) is 0.300. The van der Waals surface area contributed by atoms with Crippen LogP contribution in [0, 0.1) is 17.2 Å². The van der Waals surface area contributed by atoms with E-state index in [0.29, 0.717) is 0 Å². The number of nitrogens with zero attached hydrogens (tertiary/aromatic N) is 1. The van der Waals surface area contributed by atoms with E-state index in [9.17, 15) is 5.11 Å². The Balaban J connectivity index is 3.02. The van der Waals surface area contributed by atoms with Crippen LogP contribution in [0.2, 0.25) is 0 Å². The predicted molar refractivity (Wildman–Crippen MR) is 61.6 cm³/mol. The molecule has 4 heteroatoms. The molecule has 14 heavy (non-hydrogen) atoms. The van der Waals surface area contributed by atoms with Crippen molar-refractivity contribution in [2.24, 2.45) is 5.92 Å². The molecule has 74 valence electrons. The Labute approximate surface area is 99.8 Å². The summed E-state index contributed by atoms with van der Waals surface area (Å²) in [6.45, 7) is 1.69. The maximum absolute atomic E-state index is 9.77. The molecule has 1 aromatic rings. The summed E-state index contributed by atoms with van der Waals surface area (Å²) in [4.78, 5) is 0. The standard InChI is InChI=1S/C10H9Br2NO/c1-6(5-13)10(14)7-2-8(11)4-9(12)3-7/h2-4,6,10,14H,1H3. The average molecular weight is 319 g/mol. The molecule has 0 fully saturated rings. The van der Waals surface area contributed by atoms with Crippen LogP contribution in [0.15, 0.2) is 27.1 Å². The molecule has 0 aliphatic carbocycles. The van der Waals surface area contributed by atoms with Gasteiger partial charge in [0.05, 0.1) is 18.1 Å². The number of halogens is 2. The van der Waals surface area contributed by atoms with Crippen molar-refractivity contribution in [2.45, 2.75) is 13.0 Å². The second-order valence-corrected chi connectivity index (χ2v) is 4.90. The van der Waals surface area contributed by atoms with Gasteiger partial charge in [0.2, 0.25) is 0 Å². The topological polar surface area (TPSA) is 44.0 Å². The van der Waals surface area contributed by atoms with Gasteiger partial charge in [0.15, 0.2) is 0 Å². The number of hydrogen-bond donors (Lipinski definition) is 1. The number of nitriles is 1.